The minimum atomic E-state index is -3.82. The molecule has 104 valence electrons. The Hall–Kier alpha value is -2.54. The van der Waals surface area contributed by atoms with E-state index in [1.54, 1.807) is 0 Å². The van der Waals surface area contributed by atoms with Gasteiger partial charge in [0.25, 0.3) is 10.0 Å². The van der Waals surface area contributed by atoms with Crippen molar-refractivity contribution in [2.24, 2.45) is 4.40 Å². The Morgan fingerprint density at radius 2 is 2.00 bits per heavy atom. The van der Waals surface area contributed by atoms with Gasteiger partial charge < -0.3 is 4.42 Å². The molecule has 2 aliphatic rings. The molecule has 2 aromatic rings. The molecule has 6 nitrogen and oxygen atoms in total. The number of hydrogen-bond acceptors (Lipinski definition) is 5. The molecule has 0 spiro atoms. The molecule has 0 radical (unpaired) electrons. The van der Waals surface area contributed by atoms with Gasteiger partial charge in [-0.15, -0.1) is 0 Å². The highest BCUT2D eigenvalue weighted by atomic mass is 32.2. The Morgan fingerprint density at radius 3 is 2.71 bits per heavy atom. The first kappa shape index (κ1) is 12.2. The van der Waals surface area contributed by atoms with Crippen LogP contribution in [0.2, 0.25) is 0 Å². The molecular weight excluding hydrogens is 294 g/mol. The van der Waals surface area contributed by atoms with Gasteiger partial charge in [-0.25, -0.2) is 0 Å². The second-order valence-corrected chi connectivity index (χ2v) is 6.40. The molecule has 0 saturated heterocycles. The Morgan fingerprint density at radius 1 is 1.24 bits per heavy atom. The van der Waals surface area contributed by atoms with Crippen molar-refractivity contribution >= 4 is 27.3 Å². The molecular formula is C14H7NO5S. The zero-order valence-corrected chi connectivity index (χ0v) is 11.5. The third-order valence-corrected chi connectivity index (χ3v) is 4.86. The average Bonchev–Trinajstić information content (AvgIpc) is 2.98. The molecule has 4 rings (SSSR count). The van der Waals surface area contributed by atoms with Gasteiger partial charge in [0, 0.05) is 18.1 Å². The largest absolute Gasteiger partial charge is 0.449 e. The zero-order chi connectivity index (χ0) is 14.9. The molecule has 0 atom stereocenters. The van der Waals surface area contributed by atoms with Crippen molar-refractivity contribution in [3.63, 3.8) is 0 Å². The Balaban J connectivity index is 2.14. The molecule has 0 saturated carbocycles. The van der Waals surface area contributed by atoms with Gasteiger partial charge in [0.15, 0.2) is 17.3 Å². The lowest BCUT2D eigenvalue weighted by Gasteiger charge is -2.12. The number of furan rings is 1. The average molecular weight is 301 g/mol. The van der Waals surface area contributed by atoms with Crippen molar-refractivity contribution in [2.45, 2.75) is 11.8 Å². The molecule has 7 heteroatoms. The monoisotopic (exact) mass is 301 g/mol. The van der Waals surface area contributed by atoms with Crippen LogP contribution in [0.15, 0.2) is 38.0 Å². The van der Waals surface area contributed by atoms with Gasteiger partial charge in [0.1, 0.15) is 0 Å². The van der Waals surface area contributed by atoms with Crippen molar-refractivity contribution in [1.82, 2.24) is 0 Å². The lowest BCUT2D eigenvalue weighted by molar-refractivity contribution is 0.0972. The molecule has 1 aliphatic carbocycles. The molecule has 0 fully saturated rings. The van der Waals surface area contributed by atoms with E-state index in [0.717, 1.165) is 0 Å². The molecule has 2 heterocycles. The first-order chi connectivity index (χ1) is 9.90. The third kappa shape index (κ3) is 1.41. The second-order valence-electron chi connectivity index (χ2n) is 4.83. The second kappa shape index (κ2) is 3.56. The summed E-state index contributed by atoms with van der Waals surface area (Å²) in [5.74, 6) is -0.816. The maximum atomic E-state index is 12.4. The van der Waals surface area contributed by atoms with Crippen LogP contribution in [-0.2, 0) is 10.0 Å². The summed E-state index contributed by atoms with van der Waals surface area (Å²) in [6.45, 7) is 1.31. The van der Waals surface area contributed by atoms with E-state index in [9.17, 15) is 18.0 Å². The summed E-state index contributed by atoms with van der Waals surface area (Å²) in [6, 6.07) is 5.79. The van der Waals surface area contributed by atoms with Gasteiger partial charge >= 0.3 is 0 Å². The van der Waals surface area contributed by atoms with Gasteiger partial charge in [-0.2, -0.15) is 12.8 Å². The van der Waals surface area contributed by atoms with E-state index < -0.39 is 15.8 Å². The highest BCUT2D eigenvalue weighted by Crippen LogP contribution is 2.38. The summed E-state index contributed by atoms with van der Waals surface area (Å²) in [6.07, 6.45) is 0. The van der Waals surface area contributed by atoms with Crippen LogP contribution in [0.4, 0.5) is 0 Å². The number of Topliss-reactive ketones (excluding diaryl/α,β-unsaturated/α-hetero) is 1. The van der Waals surface area contributed by atoms with Crippen LogP contribution in [0, 0.1) is 0 Å². The van der Waals surface area contributed by atoms with E-state index in [2.05, 4.69) is 4.40 Å². The van der Waals surface area contributed by atoms with E-state index in [-0.39, 0.29) is 39.0 Å². The van der Waals surface area contributed by atoms with E-state index in [0.29, 0.717) is 5.56 Å². The Labute approximate surface area is 119 Å². The fourth-order valence-corrected chi connectivity index (χ4v) is 3.85. The van der Waals surface area contributed by atoms with Crippen LogP contribution in [0.1, 0.15) is 44.7 Å². The van der Waals surface area contributed by atoms with Crippen molar-refractivity contribution in [3.05, 3.63) is 52.5 Å². The number of benzene rings is 1. The van der Waals surface area contributed by atoms with Crippen LogP contribution in [0.25, 0.3) is 0 Å². The topological polar surface area (TPSA) is 93.8 Å². The quantitative estimate of drug-likeness (QED) is 0.636. The number of carbonyl (C=O) groups excluding carboxylic acids is 2. The SMILES string of the molecule is CC(=O)c1cc2c(o1)C(=O)c1cccc3c1C2=NS3(=O)=O. The normalized spacial score (nSPS) is 17.2. The van der Waals surface area contributed by atoms with Gasteiger partial charge in [0.05, 0.1) is 16.2 Å². The fraction of sp³-hybridized carbons (Fsp3) is 0.0714. The van der Waals surface area contributed by atoms with E-state index in [1.807, 2.05) is 0 Å². The standard InChI is InChI=1S/C14H7NO5S/c1-6(16)9-5-8-12-11-7(13(17)14(8)20-9)3-2-4-10(11)21(18,19)15-12/h2-5H,1H3. The van der Waals surface area contributed by atoms with Crippen molar-refractivity contribution < 1.29 is 22.4 Å². The lowest BCUT2D eigenvalue weighted by atomic mass is 9.88. The van der Waals surface area contributed by atoms with E-state index in [4.69, 9.17) is 4.42 Å². The molecule has 0 amide bonds. The van der Waals surface area contributed by atoms with Crippen LogP contribution in [0.3, 0.4) is 0 Å². The molecule has 21 heavy (non-hydrogen) atoms. The number of carbonyl (C=O) groups is 2. The molecule has 0 bridgehead atoms. The van der Waals surface area contributed by atoms with E-state index in [1.165, 1.54) is 31.2 Å². The summed E-state index contributed by atoms with van der Waals surface area (Å²) < 4.78 is 33.1. The molecule has 1 aliphatic heterocycles. The summed E-state index contributed by atoms with van der Waals surface area (Å²) in [5.41, 5.74) is 0.952. The zero-order valence-electron chi connectivity index (χ0n) is 10.7. The maximum Gasteiger partial charge on any atom is 0.283 e. The third-order valence-electron chi connectivity index (χ3n) is 3.54. The first-order valence-corrected chi connectivity index (χ1v) is 7.52. The molecule has 1 aromatic heterocycles. The van der Waals surface area contributed by atoms with Gasteiger partial charge in [-0.3, -0.25) is 9.59 Å². The summed E-state index contributed by atoms with van der Waals surface area (Å²) in [5, 5.41) is 0. The maximum absolute atomic E-state index is 12.4. The summed E-state index contributed by atoms with van der Waals surface area (Å²) in [4.78, 5) is 23.9. The van der Waals surface area contributed by atoms with Crippen LogP contribution in [0.5, 0.6) is 0 Å². The van der Waals surface area contributed by atoms with Crippen LogP contribution >= 0.6 is 0 Å². The number of rotatable bonds is 1. The smallest absolute Gasteiger partial charge is 0.283 e. The fourth-order valence-electron chi connectivity index (χ4n) is 2.61. The lowest BCUT2D eigenvalue weighted by Crippen LogP contribution is -2.18. The number of nitrogens with zero attached hydrogens (tertiary/aromatic N) is 1. The van der Waals surface area contributed by atoms with Crippen molar-refractivity contribution in [2.75, 3.05) is 0 Å². The van der Waals surface area contributed by atoms with Crippen molar-refractivity contribution in [1.29, 1.82) is 0 Å². The summed E-state index contributed by atoms with van der Waals surface area (Å²) in [7, 11) is -3.82. The van der Waals surface area contributed by atoms with Crippen LogP contribution in [-0.4, -0.2) is 25.7 Å². The van der Waals surface area contributed by atoms with Gasteiger partial charge in [-0.1, -0.05) is 12.1 Å². The Bertz CT molecular complexity index is 994. The van der Waals surface area contributed by atoms with Crippen LogP contribution < -0.4 is 0 Å². The number of sulfonamides is 1. The highest BCUT2D eigenvalue weighted by molar-refractivity contribution is 7.90. The first-order valence-electron chi connectivity index (χ1n) is 6.08. The number of fused-ring (bicyclic) bond motifs is 2. The summed E-state index contributed by atoms with van der Waals surface area (Å²) >= 11 is 0. The van der Waals surface area contributed by atoms with Gasteiger partial charge in [0.2, 0.25) is 5.78 Å². The predicted octanol–water partition coefficient (Wildman–Crippen LogP) is 1.57. The predicted molar refractivity (Wildman–Crippen MR) is 71.4 cm³/mol. The minimum Gasteiger partial charge on any atom is -0.449 e. The molecule has 1 aromatic carbocycles. The highest BCUT2D eigenvalue weighted by Gasteiger charge is 2.41. The number of hydrogen-bond donors (Lipinski definition) is 0. The number of ketones is 2. The molecule has 0 N–H and O–H groups in total. The van der Waals surface area contributed by atoms with Crippen molar-refractivity contribution in [3.8, 4) is 0 Å². The van der Waals surface area contributed by atoms with E-state index >= 15 is 0 Å². The minimum absolute atomic E-state index is 0.00899. The Kier molecular flexibility index (Phi) is 2.07. The molecule has 0 unspecified atom stereocenters. The van der Waals surface area contributed by atoms with Gasteiger partial charge in [-0.05, 0) is 12.1 Å².